The number of aliphatic carboxylic acids is 4. The fourth-order valence-electron chi connectivity index (χ4n) is 14.6. The number of hydrogen-bond acceptors (Lipinski definition) is 48. The van der Waals surface area contributed by atoms with Gasteiger partial charge in [-0.2, -0.15) is 94.1 Å². The van der Waals surface area contributed by atoms with Crippen molar-refractivity contribution in [2.45, 2.75) is 297 Å². The highest BCUT2D eigenvalue weighted by Gasteiger charge is 2.61. The van der Waals surface area contributed by atoms with Crippen LogP contribution in [0.25, 0.3) is 0 Å². The van der Waals surface area contributed by atoms with E-state index in [1.165, 1.54) is 0 Å². The maximum Gasteiger partial charge on any atom is 0.304 e. The zero-order chi connectivity index (χ0) is 90.2. The molecule has 52 heteroatoms. The summed E-state index contributed by atoms with van der Waals surface area (Å²) in [7, 11) is 0. The first-order chi connectivity index (χ1) is 59.3. The topological polar surface area (TPSA) is 689 Å². The van der Waals surface area contributed by atoms with Crippen LogP contribution in [0.2, 0.25) is 0 Å². The fourth-order valence-corrected chi connectivity index (χ4v) is 22.2. The minimum Gasteiger partial charge on any atom is -0.481 e. The van der Waals surface area contributed by atoms with Crippen LogP contribution in [0.1, 0.15) is 51.4 Å². The quantitative estimate of drug-likeness (QED) is 0.0200. The lowest BCUT2D eigenvalue weighted by Gasteiger charge is -2.51. The molecule has 44 nitrogen and oxygen atoms in total. The van der Waals surface area contributed by atoms with E-state index < -0.39 is 295 Å². The first kappa shape index (κ1) is 106. The third-order valence-electron chi connectivity index (χ3n) is 21.1. The molecule has 0 aliphatic carbocycles. The second-order valence-electron chi connectivity index (χ2n) is 30.0. The molecule has 0 saturated carbocycles. The highest BCUT2D eigenvalue weighted by molar-refractivity contribution is 8.00. The van der Waals surface area contributed by atoms with Crippen LogP contribution >= 0.6 is 94.1 Å². The summed E-state index contributed by atoms with van der Waals surface area (Å²) in [4.78, 5) is 93.5. The third-order valence-corrected chi connectivity index (χ3v) is 29.7. The smallest absolute Gasteiger partial charge is 0.304 e. The van der Waals surface area contributed by atoms with E-state index >= 15 is 0 Å². The molecule has 30 saturated heterocycles. The number of hydrogen-bond donors (Lipinski definition) is 20. The molecule has 40 atom stereocenters. The van der Waals surface area contributed by atoms with Gasteiger partial charge in [-0.1, -0.05) is 0 Å². The molecule has 30 heterocycles. The van der Waals surface area contributed by atoms with Crippen LogP contribution < -0.4 is 0 Å². The van der Waals surface area contributed by atoms with Crippen molar-refractivity contribution in [2.75, 3.05) is 92.0 Å². The average Bonchev–Trinajstić information content (AvgIpc) is 0.770. The Labute approximate surface area is 744 Å². The molecule has 0 spiro atoms. The molecule has 712 valence electrons. The number of carbonyl (C=O) groups excluding carboxylic acids is 4. The molecule has 30 aliphatic heterocycles. The lowest BCUT2D eigenvalue weighted by atomic mass is 9.95. The lowest BCUT2D eigenvalue weighted by molar-refractivity contribution is -0.396. The second kappa shape index (κ2) is 52.7. The molecular formula is C72H112O44S8. The monoisotopic (exact) mass is 1940 g/mol. The van der Waals surface area contributed by atoms with Crippen LogP contribution in [0.15, 0.2) is 0 Å². The molecule has 0 aromatic heterocycles. The Morgan fingerprint density at radius 1 is 0.194 bits per heavy atom. The van der Waals surface area contributed by atoms with Gasteiger partial charge in [-0.05, 0) is 23.0 Å². The van der Waals surface area contributed by atoms with E-state index in [1.54, 1.807) is 0 Å². The Bertz CT molecular complexity index is 3190. The summed E-state index contributed by atoms with van der Waals surface area (Å²) in [5.41, 5.74) is 0. The molecule has 124 heavy (non-hydrogen) atoms. The summed E-state index contributed by atoms with van der Waals surface area (Å²) in [5.74, 6) is -7.14. The zero-order valence-electron chi connectivity index (χ0n) is 66.4. The van der Waals surface area contributed by atoms with Crippen molar-refractivity contribution in [3.63, 3.8) is 0 Å². The summed E-state index contributed by atoms with van der Waals surface area (Å²) < 4.78 is 101. The van der Waals surface area contributed by atoms with Gasteiger partial charge in [0, 0.05) is 94.7 Å². The summed E-state index contributed by atoms with van der Waals surface area (Å²) in [6, 6.07) is 0. The van der Waals surface area contributed by atoms with Gasteiger partial charge in [0.15, 0.2) is 50.3 Å². The minimum atomic E-state index is -2.29. The van der Waals surface area contributed by atoms with Crippen LogP contribution in [0.5, 0.6) is 0 Å². The molecule has 0 radical (unpaired) electrons. The average molecular weight is 1940 g/mol. The van der Waals surface area contributed by atoms with Gasteiger partial charge in [0.2, 0.25) is 0 Å². The van der Waals surface area contributed by atoms with E-state index in [4.69, 9.17) is 75.8 Å². The largest absolute Gasteiger partial charge is 0.481 e. The number of ether oxygens (including phenoxy) is 16. The van der Waals surface area contributed by atoms with Crippen molar-refractivity contribution in [3.8, 4) is 0 Å². The number of carboxylic acid groups (broad SMARTS) is 4. The molecule has 0 aromatic carbocycles. The number of carbonyl (C=O) groups is 8. The summed E-state index contributed by atoms with van der Waals surface area (Å²) in [5, 5.41) is 234. The van der Waals surface area contributed by atoms with Crippen molar-refractivity contribution in [1.29, 1.82) is 0 Å². The molecule has 20 N–H and O–H groups in total. The predicted octanol–water partition coefficient (Wildman–Crippen LogP) is -7.22. The van der Waals surface area contributed by atoms with Crippen LogP contribution in [-0.4, -0.2) is 489 Å². The first-order valence-corrected chi connectivity index (χ1v) is 49.2. The van der Waals surface area contributed by atoms with Crippen LogP contribution in [-0.2, 0) is 114 Å². The maximum atomic E-state index is 12.3. The molecule has 30 fully saturated rings. The van der Waals surface area contributed by atoms with E-state index in [0.29, 0.717) is 25.1 Å². The Hall–Kier alpha value is -1.92. The number of aliphatic hydroxyl groups excluding tert-OH is 16. The van der Waals surface area contributed by atoms with E-state index in [1.807, 2.05) is 0 Å². The van der Waals surface area contributed by atoms with Crippen molar-refractivity contribution >= 4 is 143 Å². The van der Waals surface area contributed by atoms with E-state index in [2.05, 4.69) is 0 Å². The number of carboxylic acids is 4. The zero-order valence-corrected chi connectivity index (χ0v) is 72.9. The maximum absolute atomic E-state index is 12.3. The minimum absolute atomic E-state index is 0.00487. The van der Waals surface area contributed by atoms with E-state index in [9.17, 15) is 140 Å². The number of aldehydes is 4. The molecule has 30 rings (SSSR count). The third kappa shape index (κ3) is 29.1. The first-order valence-electron chi connectivity index (χ1n) is 39.9. The molecule has 0 amide bonds. The second-order valence-corrected chi connectivity index (χ2v) is 39.2. The van der Waals surface area contributed by atoms with Gasteiger partial charge in [0.1, 0.15) is 172 Å². The van der Waals surface area contributed by atoms with Crippen LogP contribution in [0.4, 0.5) is 0 Å². The number of thioether (sulfide) groups is 8. The van der Waals surface area contributed by atoms with Gasteiger partial charge < -0.3 is 197 Å². The number of aliphatic hydroxyl groups is 16. The van der Waals surface area contributed by atoms with Gasteiger partial charge in [-0.3, -0.25) is 19.2 Å². The summed E-state index contributed by atoms with van der Waals surface area (Å²) >= 11 is 7.93. The van der Waals surface area contributed by atoms with Crippen molar-refractivity contribution in [1.82, 2.24) is 0 Å². The van der Waals surface area contributed by atoms with Gasteiger partial charge in [0.25, 0.3) is 0 Å². The Morgan fingerprint density at radius 3 is 0.427 bits per heavy atom. The van der Waals surface area contributed by atoms with Gasteiger partial charge in [0.05, 0.1) is 74.5 Å². The highest BCUT2D eigenvalue weighted by Crippen LogP contribution is 2.43. The lowest BCUT2D eigenvalue weighted by Crippen LogP contribution is -2.69. The highest BCUT2D eigenvalue weighted by atomic mass is 32.2. The van der Waals surface area contributed by atoms with Gasteiger partial charge in [-0.25, -0.2) is 0 Å². The Balaban J connectivity index is 1.11. The SMILES string of the molecule is O=CCCSCC1OC2OC3C(CSCCC=O)OC(OC4C(CSCCC(=O)O)OC(OC5C(CSCCC(=O)O)OC(OC6C(CSCCC(=O)O)OC(OC7C(CSCCC(=O)O)OC(OC8C(CSCCC=O)OC(OC9C(CSCCC=O)OC(OC1C(O)C2O)C(O)C9O)C(O)C8O)C(O)C7O)C(O)C6O)C(O)C5O)C(O)C4O)C(O)C3O. The number of rotatable bonds is 40. The standard InChI is InChI=1S/C72H112O44S8/c73-9-1-13-117-21-29-57-42(86)50(94)66(102-29)111-59-31(23-119-15-3-11-75)104-68(52(96)44(59)88)113-61-33(25-121-17-5-37(77)78)106-70(54(98)46(61)90)115-63-35(27-123-19-7-39(81)82)108-72(56(100)48(63)92)116-64-36(28-124-20-8-40(83)84)107-71(55(99)47(64)91)114-62-34(26-122-18-6-38(79)80)105-69(53(97)45(62)89)112-60-32(24-120-16-4-12-76)103-67(51(95)43(60)87)110-58-30(22-118-14-2-10-74)101-65(109-57)49(93)41(58)85/h9-12,29-36,41-72,85-100H,1-8,13-28H2,(H,77,78)(H,79,80)(H,81,82)(H,83,84). The van der Waals surface area contributed by atoms with Crippen molar-refractivity contribution in [3.05, 3.63) is 0 Å². The molecular weight excluding hydrogens is 1830 g/mol. The Morgan fingerprint density at radius 2 is 0.315 bits per heavy atom. The fraction of sp³-hybridized carbons (Fsp3) is 0.889. The van der Waals surface area contributed by atoms with Crippen molar-refractivity contribution < 1.29 is 216 Å². The molecule has 0 aromatic rings. The van der Waals surface area contributed by atoms with E-state index in [0.717, 1.165) is 94.1 Å². The molecule has 16 bridgehead atoms. The van der Waals surface area contributed by atoms with Crippen LogP contribution in [0.3, 0.4) is 0 Å². The normalized spacial score (nSPS) is 42.5. The van der Waals surface area contributed by atoms with Gasteiger partial charge in [-0.15, -0.1) is 0 Å². The Kier molecular flexibility index (Phi) is 44.9. The van der Waals surface area contributed by atoms with Crippen molar-refractivity contribution in [2.24, 2.45) is 0 Å². The predicted molar refractivity (Wildman–Crippen MR) is 435 cm³/mol. The van der Waals surface area contributed by atoms with Gasteiger partial charge >= 0.3 is 23.9 Å². The van der Waals surface area contributed by atoms with E-state index in [-0.39, 0.29) is 118 Å². The van der Waals surface area contributed by atoms with Crippen LogP contribution in [0, 0.1) is 0 Å². The molecule has 30 aliphatic rings. The summed E-state index contributed by atoms with van der Waals surface area (Å²) in [6.45, 7) is 0. The molecule has 40 unspecified atom stereocenters. The summed E-state index contributed by atoms with van der Waals surface area (Å²) in [6.07, 6.45) is -78.0.